The monoisotopic (exact) mass is 278 g/mol. The number of benzene rings is 2. The highest BCUT2D eigenvalue weighted by Gasteiger charge is 2.16. The molecule has 0 aliphatic rings. The molecule has 0 heterocycles. The average Bonchev–Trinajstić information content (AvgIpc) is 2.45. The van der Waals surface area contributed by atoms with E-state index in [4.69, 9.17) is 10.6 Å². The summed E-state index contributed by atoms with van der Waals surface area (Å²) in [4.78, 5) is 0. The molecular formula is C15H16F2N2O. The van der Waals surface area contributed by atoms with Gasteiger partial charge in [-0.1, -0.05) is 12.1 Å². The molecule has 2 aromatic carbocycles. The van der Waals surface area contributed by atoms with Gasteiger partial charge in [0.05, 0.1) is 13.2 Å². The van der Waals surface area contributed by atoms with Crippen LogP contribution in [0.1, 0.15) is 22.7 Å². The first kappa shape index (κ1) is 14.4. The van der Waals surface area contributed by atoms with Crippen molar-refractivity contribution in [3.05, 3.63) is 64.7 Å². The first-order valence-electron chi connectivity index (χ1n) is 6.12. The van der Waals surface area contributed by atoms with Crippen LogP contribution in [0.25, 0.3) is 0 Å². The smallest absolute Gasteiger partial charge is 0.159 e. The molecule has 3 N–H and O–H groups in total. The maximum atomic E-state index is 13.3. The Balaban J connectivity index is 2.43. The van der Waals surface area contributed by atoms with Gasteiger partial charge in [-0.15, -0.1) is 0 Å². The number of aryl methyl sites for hydroxylation is 1. The maximum Gasteiger partial charge on any atom is 0.159 e. The molecule has 0 radical (unpaired) electrons. The van der Waals surface area contributed by atoms with Gasteiger partial charge in [0.2, 0.25) is 0 Å². The third-order valence-electron chi connectivity index (χ3n) is 3.23. The number of hydrogen-bond donors (Lipinski definition) is 2. The number of ether oxygens (including phenoxy) is 1. The molecule has 0 aliphatic heterocycles. The number of hydrazine groups is 1. The summed E-state index contributed by atoms with van der Waals surface area (Å²) < 4.78 is 31.5. The van der Waals surface area contributed by atoms with Gasteiger partial charge in [0.15, 0.2) is 11.6 Å². The van der Waals surface area contributed by atoms with Crippen LogP contribution in [-0.2, 0) is 0 Å². The average molecular weight is 278 g/mol. The van der Waals surface area contributed by atoms with E-state index in [0.29, 0.717) is 5.56 Å². The van der Waals surface area contributed by atoms with E-state index < -0.39 is 17.7 Å². The van der Waals surface area contributed by atoms with Gasteiger partial charge in [0.25, 0.3) is 0 Å². The Hall–Kier alpha value is -1.98. The molecule has 0 aliphatic carbocycles. The molecule has 2 rings (SSSR count). The molecule has 0 saturated heterocycles. The molecule has 0 spiro atoms. The summed E-state index contributed by atoms with van der Waals surface area (Å²) in [7, 11) is 1.59. The molecule has 1 unspecified atom stereocenters. The van der Waals surface area contributed by atoms with Crippen molar-refractivity contribution in [2.24, 2.45) is 5.84 Å². The van der Waals surface area contributed by atoms with E-state index in [1.165, 1.54) is 6.07 Å². The summed E-state index contributed by atoms with van der Waals surface area (Å²) in [6.07, 6.45) is 0. The molecule has 0 aromatic heterocycles. The Kier molecular flexibility index (Phi) is 4.32. The van der Waals surface area contributed by atoms with Gasteiger partial charge in [-0.3, -0.25) is 5.84 Å². The van der Waals surface area contributed by atoms with E-state index in [0.717, 1.165) is 29.0 Å². The maximum absolute atomic E-state index is 13.3. The molecule has 0 saturated carbocycles. The number of nitrogens with two attached hydrogens (primary N) is 1. The van der Waals surface area contributed by atoms with E-state index >= 15 is 0 Å². The fraction of sp³-hybridized carbons (Fsp3) is 0.200. The Labute approximate surface area is 116 Å². The second-order valence-corrected chi connectivity index (χ2v) is 4.50. The zero-order chi connectivity index (χ0) is 14.7. The van der Waals surface area contributed by atoms with Gasteiger partial charge < -0.3 is 4.74 Å². The first-order valence-corrected chi connectivity index (χ1v) is 6.12. The molecule has 3 nitrogen and oxygen atoms in total. The highest BCUT2D eigenvalue weighted by Crippen LogP contribution is 2.27. The summed E-state index contributed by atoms with van der Waals surface area (Å²) in [5, 5.41) is 0. The fourth-order valence-electron chi connectivity index (χ4n) is 2.16. The number of nitrogens with one attached hydrogen (secondary N) is 1. The van der Waals surface area contributed by atoms with Gasteiger partial charge in [0, 0.05) is 0 Å². The van der Waals surface area contributed by atoms with Crippen molar-refractivity contribution < 1.29 is 13.5 Å². The van der Waals surface area contributed by atoms with Gasteiger partial charge >= 0.3 is 0 Å². The minimum Gasteiger partial charge on any atom is -0.497 e. The summed E-state index contributed by atoms with van der Waals surface area (Å²) >= 11 is 0. The van der Waals surface area contributed by atoms with E-state index in [9.17, 15) is 8.78 Å². The second kappa shape index (κ2) is 5.98. The van der Waals surface area contributed by atoms with E-state index in [1.807, 2.05) is 19.1 Å². The topological polar surface area (TPSA) is 47.3 Å². The van der Waals surface area contributed by atoms with Gasteiger partial charge in [0.1, 0.15) is 5.75 Å². The lowest BCUT2D eigenvalue weighted by Gasteiger charge is -2.19. The van der Waals surface area contributed by atoms with Gasteiger partial charge in [-0.05, 0) is 47.9 Å². The Bertz CT molecular complexity index is 617. The third-order valence-corrected chi connectivity index (χ3v) is 3.23. The van der Waals surface area contributed by atoms with Crippen LogP contribution in [0.2, 0.25) is 0 Å². The minimum atomic E-state index is -0.895. The fourth-order valence-corrected chi connectivity index (χ4v) is 2.16. The number of hydrogen-bond acceptors (Lipinski definition) is 3. The predicted octanol–water partition coefficient (Wildman–Crippen LogP) is 2.83. The molecule has 106 valence electrons. The number of rotatable bonds is 4. The summed E-state index contributed by atoms with van der Waals surface area (Å²) in [6.45, 7) is 1.90. The van der Waals surface area contributed by atoms with Crippen molar-refractivity contribution in [3.63, 3.8) is 0 Å². The SMILES string of the molecule is COc1ccc(C(NN)c2ccc(F)c(F)c2)c(C)c1. The lowest BCUT2D eigenvalue weighted by molar-refractivity contribution is 0.414. The van der Waals surface area contributed by atoms with Crippen LogP contribution in [-0.4, -0.2) is 7.11 Å². The van der Waals surface area contributed by atoms with Crippen LogP contribution < -0.4 is 16.0 Å². The summed E-state index contributed by atoms with van der Waals surface area (Å²) in [6, 6.07) is 8.83. The quantitative estimate of drug-likeness (QED) is 0.668. The van der Waals surface area contributed by atoms with Crippen LogP contribution in [0.5, 0.6) is 5.75 Å². The van der Waals surface area contributed by atoms with Crippen LogP contribution >= 0.6 is 0 Å². The number of methoxy groups -OCH3 is 1. The zero-order valence-corrected chi connectivity index (χ0v) is 11.3. The van der Waals surface area contributed by atoms with Crippen LogP contribution in [0, 0.1) is 18.6 Å². The Morgan fingerprint density at radius 1 is 1.10 bits per heavy atom. The molecule has 0 amide bonds. The third kappa shape index (κ3) is 2.79. The van der Waals surface area contributed by atoms with E-state index in [1.54, 1.807) is 13.2 Å². The first-order chi connectivity index (χ1) is 9.56. The largest absolute Gasteiger partial charge is 0.497 e. The van der Waals surface area contributed by atoms with Crippen molar-refractivity contribution in [1.82, 2.24) is 5.43 Å². The van der Waals surface area contributed by atoms with E-state index in [-0.39, 0.29) is 0 Å². The van der Waals surface area contributed by atoms with Crippen LogP contribution in [0.4, 0.5) is 8.78 Å². The molecule has 0 fully saturated rings. The van der Waals surface area contributed by atoms with Gasteiger partial charge in [-0.25, -0.2) is 14.2 Å². The minimum absolute atomic E-state index is 0.420. The van der Waals surface area contributed by atoms with Crippen molar-refractivity contribution in [2.75, 3.05) is 7.11 Å². The molecule has 5 heteroatoms. The standard InChI is InChI=1S/C15H16F2N2O/c1-9-7-11(20-2)4-5-12(9)15(19-18)10-3-6-13(16)14(17)8-10/h3-8,15,19H,18H2,1-2H3. The van der Waals surface area contributed by atoms with Crippen molar-refractivity contribution in [1.29, 1.82) is 0 Å². The molecule has 1 atom stereocenters. The van der Waals surface area contributed by atoms with Crippen LogP contribution in [0.15, 0.2) is 36.4 Å². The van der Waals surface area contributed by atoms with Crippen LogP contribution in [0.3, 0.4) is 0 Å². The lowest BCUT2D eigenvalue weighted by Crippen LogP contribution is -2.29. The number of halogens is 2. The van der Waals surface area contributed by atoms with E-state index in [2.05, 4.69) is 5.43 Å². The molecule has 2 aromatic rings. The molecular weight excluding hydrogens is 262 g/mol. The second-order valence-electron chi connectivity index (χ2n) is 4.50. The Morgan fingerprint density at radius 2 is 1.85 bits per heavy atom. The highest BCUT2D eigenvalue weighted by molar-refractivity contribution is 5.41. The van der Waals surface area contributed by atoms with Crippen molar-refractivity contribution in [2.45, 2.75) is 13.0 Å². The van der Waals surface area contributed by atoms with Crippen molar-refractivity contribution in [3.8, 4) is 5.75 Å². The normalized spacial score (nSPS) is 12.2. The molecule has 0 bridgehead atoms. The lowest BCUT2D eigenvalue weighted by atomic mass is 9.95. The predicted molar refractivity (Wildman–Crippen MR) is 73.3 cm³/mol. The Morgan fingerprint density at radius 3 is 2.40 bits per heavy atom. The molecule has 20 heavy (non-hydrogen) atoms. The summed E-state index contributed by atoms with van der Waals surface area (Å²) in [5.41, 5.74) is 5.00. The highest BCUT2D eigenvalue weighted by atomic mass is 19.2. The van der Waals surface area contributed by atoms with Crippen molar-refractivity contribution >= 4 is 0 Å². The van der Waals surface area contributed by atoms with Gasteiger partial charge in [-0.2, -0.15) is 0 Å². The zero-order valence-electron chi connectivity index (χ0n) is 11.3. The summed E-state index contributed by atoms with van der Waals surface area (Å²) in [5.74, 6) is 4.52.